The largest absolute Gasteiger partial charge is 0.353 e. The van der Waals surface area contributed by atoms with E-state index in [0.29, 0.717) is 16.9 Å². The smallest absolute Gasteiger partial charge is 0.264 e. The van der Waals surface area contributed by atoms with Crippen LogP contribution in [-0.2, 0) is 13.6 Å². The molecule has 1 aliphatic heterocycles. The van der Waals surface area contributed by atoms with E-state index < -0.39 is 5.91 Å². The Morgan fingerprint density at radius 2 is 1.87 bits per heavy atom. The van der Waals surface area contributed by atoms with Crippen LogP contribution in [0, 0.1) is 20.8 Å². The third-order valence-electron chi connectivity index (χ3n) is 5.73. The Hall–Kier alpha value is -3.49. The molecular formula is C22H27N7O2. The molecule has 1 N–H and O–H groups in total. The van der Waals surface area contributed by atoms with Crippen LogP contribution >= 0.6 is 0 Å². The maximum Gasteiger partial charge on any atom is 0.264 e. The molecule has 4 heterocycles. The van der Waals surface area contributed by atoms with Crippen LogP contribution < -0.4 is 15.8 Å². The Labute approximate surface area is 180 Å². The normalized spacial score (nSPS) is 13.6. The Balaban J connectivity index is 1.65. The molecule has 0 spiro atoms. The first-order chi connectivity index (χ1) is 14.8. The van der Waals surface area contributed by atoms with Crippen LogP contribution in [0.15, 0.2) is 29.5 Å². The Morgan fingerprint density at radius 3 is 2.55 bits per heavy atom. The van der Waals surface area contributed by atoms with Gasteiger partial charge in [0.25, 0.3) is 11.5 Å². The predicted molar refractivity (Wildman–Crippen MR) is 119 cm³/mol. The molecule has 0 saturated carbocycles. The minimum Gasteiger partial charge on any atom is -0.353 e. The number of amides is 1. The Kier molecular flexibility index (Phi) is 5.58. The standard InChI is InChI=1S/C22H27N7O2/c1-14-7-10-29(13-17-12-23-15(2)11-24-17)22(31)18(14)21(30)25-19-16(3)27(4)26-20(19)28-8-5-6-9-28/h7,10-12H,5-6,8-9,13H2,1-4H3,(H,25,30). The molecule has 9 heteroatoms. The fourth-order valence-corrected chi connectivity index (χ4v) is 3.80. The third-order valence-corrected chi connectivity index (χ3v) is 5.73. The highest BCUT2D eigenvalue weighted by Gasteiger charge is 2.25. The molecule has 1 amide bonds. The van der Waals surface area contributed by atoms with Crippen molar-refractivity contribution < 1.29 is 4.79 Å². The first kappa shape index (κ1) is 20.8. The van der Waals surface area contributed by atoms with Gasteiger partial charge in [-0.15, -0.1) is 0 Å². The number of carbonyl (C=O) groups is 1. The van der Waals surface area contributed by atoms with Crippen LogP contribution in [0.1, 0.15) is 45.8 Å². The molecule has 3 aromatic rings. The second kappa shape index (κ2) is 8.33. The summed E-state index contributed by atoms with van der Waals surface area (Å²) in [4.78, 5) is 37.1. The maximum atomic E-state index is 13.2. The highest BCUT2D eigenvalue weighted by molar-refractivity contribution is 6.06. The molecule has 1 aliphatic rings. The summed E-state index contributed by atoms with van der Waals surface area (Å²) in [6.07, 6.45) is 7.19. The molecule has 31 heavy (non-hydrogen) atoms. The molecule has 0 aliphatic carbocycles. The second-order valence-electron chi connectivity index (χ2n) is 8.01. The van der Waals surface area contributed by atoms with Gasteiger partial charge in [0.2, 0.25) is 0 Å². The minimum absolute atomic E-state index is 0.123. The van der Waals surface area contributed by atoms with Crippen molar-refractivity contribution in [1.82, 2.24) is 24.3 Å². The number of anilines is 2. The van der Waals surface area contributed by atoms with Gasteiger partial charge in [0.05, 0.1) is 29.8 Å². The van der Waals surface area contributed by atoms with Crippen molar-refractivity contribution in [3.8, 4) is 0 Å². The van der Waals surface area contributed by atoms with Gasteiger partial charge in [0.15, 0.2) is 5.82 Å². The molecule has 9 nitrogen and oxygen atoms in total. The summed E-state index contributed by atoms with van der Waals surface area (Å²) in [7, 11) is 1.86. The van der Waals surface area contributed by atoms with Crippen LogP contribution in [0.4, 0.5) is 11.5 Å². The van der Waals surface area contributed by atoms with E-state index in [1.807, 2.05) is 20.9 Å². The lowest BCUT2D eigenvalue weighted by Gasteiger charge is -2.17. The van der Waals surface area contributed by atoms with Crippen LogP contribution in [0.25, 0.3) is 0 Å². The summed E-state index contributed by atoms with van der Waals surface area (Å²) in [6.45, 7) is 7.60. The summed E-state index contributed by atoms with van der Waals surface area (Å²) >= 11 is 0. The molecule has 0 aromatic carbocycles. The highest BCUT2D eigenvalue weighted by Crippen LogP contribution is 2.30. The summed E-state index contributed by atoms with van der Waals surface area (Å²) in [6, 6.07) is 1.77. The van der Waals surface area contributed by atoms with Gasteiger partial charge >= 0.3 is 0 Å². The average molecular weight is 422 g/mol. The zero-order chi connectivity index (χ0) is 22.1. The minimum atomic E-state index is -0.427. The molecule has 3 aromatic heterocycles. The summed E-state index contributed by atoms with van der Waals surface area (Å²) in [5, 5.41) is 7.56. The molecule has 162 valence electrons. The number of pyridine rings is 1. The fraction of sp³-hybridized carbons (Fsp3) is 0.409. The number of nitrogens with one attached hydrogen (secondary N) is 1. The van der Waals surface area contributed by atoms with E-state index in [2.05, 4.69) is 25.3 Å². The third kappa shape index (κ3) is 4.08. The molecule has 4 rings (SSSR count). The molecule has 0 atom stereocenters. The first-order valence-corrected chi connectivity index (χ1v) is 10.4. The Morgan fingerprint density at radius 1 is 1.13 bits per heavy atom. The van der Waals surface area contributed by atoms with Crippen LogP contribution in [0.2, 0.25) is 0 Å². The maximum absolute atomic E-state index is 13.2. The molecule has 0 unspecified atom stereocenters. The van der Waals surface area contributed by atoms with Crippen molar-refractivity contribution in [3.05, 3.63) is 63.2 Å². The number of aryl methyl sites for hydroxylation is 3. The molecule has 0 radical (unpaired) electrons. The first-order valence-electron chi connectivity index (χ1n) is 10.4. The lowest BCUT2D eigenvalue weighted by molar-refractivity contribution is 0.102. The number of rotatable bonds is 5. The Bertz CT molecular complexity index is 1170. The number of carbonyl (C=O) groups excluding carboxylic acids is 1. The van der Waals surface area contributed by atoms with E-state index in [9.17, 15) is 9.59 Å². The van der Waals surface area contributed by atoms with E-state index in [-0.39, 0.29) is 17.7 Å². The van der Waals surface area contributed by atoms with Gasteiger partial charge in [-0.25, -0.2) is 0 Å². The summed E-state index contributed by atoms with van der Waals surface area (Å²) in [5.74, 6) is 0.332. The monoisotopic (exact) mass is 421 g/mol. The molecule has 0 bridgehead atoms. The van der Waals surface area contributed by atoms with E-state index >= 15 is 0 Å². The fourth-order valence-electron chi connectivity index (χ4n) is 3.80. The quantitative estimate of drug-likeness (QED) is 0.678. The topological polar surface area (TPSA) is 97.9 Å². The van der Waals surface area contributed by atoms with Crippen LogP contribution in [0.5, 0.6) is 0 Å². The van der Waals surface area contributed by atoms with Crippen molar-refractivity contribution >= 4 is 17.4 Å². The van der Waals surface area contributed by atoms with Gasteiger partial charge in [-0.3, -0.25) is 24.2 Å². The zero-order valence-electron chi connectivity index (χ0n) is 18.3. The lowest BCUT2D eigenvalue weighted by Crippen LogP contribution is -2.31. The van der Waals surface area contributed by atoms with E-state index in [4.69, 9.17) is 0 Å². The number of aromatic nitrogens is 5. The van der Waals surface area contributed by atoms with Crippen molar-refractivity contribution in [2.75, 3.05) is 23.3 Å². The molecule has 1 saturated heterocycles. The van der Waals surface area contributed by atoms with Crippen molar-refractivity contribution in [2.24, 2.45) is 7.05 Å². The molecular weight excluding hydrogens is 394 g/mol. The summed E-state index contributed by atoms with van der Waals surface area (Å²) < 4.78 is 3.24. The second-order valence-corrected chi connectivity index (χ2v) is 8.01. The molecule has 1 fully saturated rings. The van der Waals surface area contributed by atoms with Crippen LogP contribution in [0.3, 0.4) is 0 Å². The van der Waals surface area contributed by atoms with Gasteiger partial charge in [-0.05, 0) is 45.2 Å². The van der Waals surface area contributed by atoms with Crippen molar-refractivity contribution in [1.29, 1.82) is 0 Å². The summed E-state index contributed by atoms with van der Waals surface area (Å²) in [5.41, 5.74) is 3.36. The van der Waals surface area contributed by atoms with Gasteiger partial charge in [-0.1, -0.05) is 0 Å². The number of hydrogen-bond donors (Lipinski definition) is 1. The highest BCUT2D eigenvalue weighted by atomic mass is 16.2. The SMILES string of the molecule is Cc1cnc(Cn2ccc(C)c(C(=O)Nc3c(N4CCCC4)nn(C)c3C)c2=O)cn1. The van der Waals surface area contributed by atoms with Gasteiger partial charge in [-0.2, -0.15) is 5.10 Å². The van der Waals surface area contributed by atoms with Crippen LogP contribution in [-0.4, -0.2) is 43.3 Å². The average Bonchev–Trinajstić information content (AvgIpc) is 3.36. The van der Waals surface area contributed by atoms with Gasteiger partial charge in [0.1, 0.15) is 11.3 Å². The number of nitrogens with zero attached hydrogens (tertiary/aromatic N) is 6. The van der Waals surface area contributed by atoms with E-state index in [0.717, 1.165) is 43.1 Å². The number of hydrogen-bond acceptors (Lipinski definition) is 6. The van der Waals surface area contributed by atoms with Gasteiger partial charge < -0.3 is 14.8 Å². The van der Waals surface area contributed by atoms with E-state index in [1.54, 1.807) is 36.3 Å². The van der Waals surface area contributed by atoms with Gasteiger partial charge in [0, 0.05) is 32.5 Å². The zero-order valence-corrected chi connectivity index (χ0v) is 18.3. The lowest BCUT2D eigenvalue weighted by atomic mass is 10.1. The van der Waals surface area contributed by atoms with Crippen molar-refractivity contribution in [3.63, 3.8) is 0 Å². The van der Waals surface area contributed by atoms with Crippen molar-refractivity contribution in [2.45, 2.75) is 40.2 Å². The predicted octanol–water partition coefficient (Wildman–Crippen LogP) is 2.20. The van der Waals surface area contributed by atoms with E-state index in [1.165, 1.54) is 4.57 Å².